The quantitative estimate of drug-likeness (QED) is 0.286. The summed E-state index contributed by atoms with van der Waals surface area (Å²) in [5, 5.41) is 20.5. The zero-order chi connectivity index (χ0) is 21.2. The van der Waals surface area contributed by atoms with Gasteiger partial charge in [-0.1, -0.05) is 65.4 Å². The highest BCUT2D eigenvalue weighted by molar-refractivity contribution is 8.24. The van der Waals surface area contributed by atoms with E-state index in [1.54, 1.807) is 30.5 Å². The van der Waals surface area contributed by atoms with E-state index in [1.165, 1.54) is 16.8 Å². The molecule has 6 nitrogen and oxygen atoms in total. The van der Waals surface area contributed by atoms with Crippen molar-refractivity contribution < 1.29 is 10.0 Å². The molecule has 1 atom stereocenters. The largest absolute Gasteiger partial charge is 0.347 e. The lowest BCUT2D eigenvalue weighted by Gasteiger charge is -2.34. The molecule has 2 aromatic carbocycles. The molecule has 0 saturated carbocycles. The van der Waals surface area contributed by atoms with Gasteiger partial charge in [-0.2, -0.15) is 10.2 Å². The molecule has 9 heteroatoms. The zero-order valence-electron chi connectivity index (χ0n) is 16.2. The lowest BCUT2D eigenvalue weighted by atomic mass is 10.1. The van der Waals surface area contributed by atoms with Gasteiger partial charge in [0.25, 0.3) is 0 Å². The molecule has 1 aliphatic rings. The van der Waals surface area contributed by atoms with Crippen LogP contribution in [0.25, 0.3) is 0 Å². The summed E-state index contributed by atoms with van der Waals surface area (Å²) < 4.78 is -0.102. The number of halogens is 1. The first kappa shape index (κ1) is 21.6. The van der Waals surface area contributed by atoms with Gasteiger partial charge in [0.2, 0.25) is 0 Å². The lowest BCUT2D eigenvalue weighted by Crippen LogP contribution is -2.54. The van der Waals surface area contributed by atoms with Crippen LogP contribution in [0.15, 0.2) is 53.6 Å². The van der Waals surface area contributed by atoms with Crippen LogP contribution in [0.1, 0.15) is 25.0 Å². The SMILES string of the molecule is Cc1ccc(/C=N\N2C(=S)SC(C)(C)[C@H]2N(O)C(=O)Nc2ccc(Cl)cc2)cc1. The van der Waals surface area contributed by atoms with Gasteiger partial charge < -0.3 is 5.32 Å². The lowest BCUT2D eigenvalue weighted by molar-refractivity contribution is -0.114. The minimum absolute atomic E-state index is 0.474. The number of aryl methyl sites for hydroxylation is 1. The number of hydroxylamine groups is 2. The predicted octanol–water partition coefficient (Wildman–Crippen LogP) is 5.34. The maximum Gasteiger partial charge on any atom is 0.347 e. The highest BCUT2D eigenvalue weighted by Crippen LogP contribution is 2.42. The molecular formula is C20H21ClN4O2S2. The number of hydrogen-bond donors (Lipinski definition) is 2. The van der Waals surface area contributed by atoms with Gasteiger partial charge in [0, 0.05) is 10.7 Å². The number of amides is 2. The molecule has 0 bridgehead atoms. The standard InChI is InChI=1S/C20H21ClN4O2S2/c1-13-4-6-14(7-5-13)12-22-24-17(20(2,3)29-19(24)28)25(27)18(26)23-16-10-8-15(21)9-11-16/h4-12,17,27H,1-3H3,(H,23,26)/b22-12-/t17-/m1/s1. The Balaban J connectivity index is 1.80. The number of rotatable bonds is 4. The van der Waals surface area contributed by atoms with Gasteiger partial charge in [0.05, 0.1) is 11.0 Å². The fourth-order valence-electron chi connectivity index (χ4n) is 2.83. The molecule has 2 aromatic rings. The van der Waals surface area contributed by atoms with Crippen molar-refractivity contribution in [2.45, 2.75) is 31.7 Å². The van der Waals surface area contributed by atoms with E-state index < -0.39 is 16.9 Å². The van der Waals surface area contributed by atoms with E-state index in [9.17, 15) is 10.0 Å². The van der Waals surface area contributed by atoms with Gasteiger partial charge in [-0.3, -0.25) is 5.21 Å². The second-order valence-corrected chi connectivity index (χ2v) is 9.85. The molecule has 1 fully saturated rings. The summed E-state index contributed by atoms with van der Waals surface area (Å²) in [6.07, 6.45) is 0.875. The Morgan fingerprint density at radius 2 is 1.90 bits per heavy atom. The van der Waals surface area contributed by atoms with E-state index in [1.807, 2.05) is 45.0 Å². The molecule has 3 rings (SSSR count). The zero-order valence-corrected chi connectivity index (χ0v) is 18.6. The average Bonchev–Trinajstić information content (AvgIpc) is 2.90. The Morgan fingerprint density at radius 3 is 2.52 bits per heavy atom. The summed E-state index contributed by atoms with van der Waals surface area (Å²) >= 11 is 12.7. The Bertz CT molecular complexity index is 933. The van der Waals surface area contributed by atoms with E-state index in [4.69, 9.17) is 23.8 Å². The van der Waals surface area contributed by atoms with Crippen LogP contribution in [-0.2, 0) is 0 Å². The maximum atomic E-state index is 12.6. The van der Waals surface area contributed by atoms with Crippen LogP contribution in [-0.4, -0.2) is 42.8 Å². The highest BCUT2D eigenvalue weighted by atomic mass is 35.5. The van der Waals surface area contributed by atoms with Crippen LogP contribution < -0.4 is 5.32 Å². The molecule has 1 saturated heterocycles. The molecule has 152 valence electrons. The van der Waals surface area contributed by atoms with Crippen LogP contribution in [0.4, 0.5) is 10.5 Å². The molecular weight excluding hydrogens is 428 g/mol. The number of carbonyl (C=O) groups excluding carboxylic acids is 1. The van der Waals surface area contributed by atoms with Crippen molar-refractivity contribution in [3.05, 3.63) is 64.7 Å². The second kappa shape index (κ2) is 8.71. The van der Waals surface area contributed by atoms with Gasteiger partial charge in [0.15, 0.2) is 10.5 Å². The van der Waals surface area contributed by atoms with Crippen molar-refractivity contribution in [3.8, 4) is 0 Å². The number of hydrazone groups is 1. The molecule has 2 N–H and O–H groups in total. The first-order chi connectivity index (χ1) is 13.7. The van der Waals surface area contributed by atoms with E-state index in [0.29, 0.717) is 20.1 Å². The molecule has 1 aliphatic heterocycles. The molecule has 1 heterocycles. The summed E-state index contributed by atoms with van der Waals surface area (Å²) in [6.45, 7) is 5.80. The van der Waals surface area contributed by atoms with Gasteiger partial charge in [0.1, 0.15) is 0 Å². The number of hydrogen-bond acceptors (Lipinski definition) is 5. The third-order valence-electron chi connectivity index (χ3n) is 4.33. The van der Waals surface area contributed by atoms with Gasteiger partial charge >= 0.3 is 6.03 Å². The van der Waals surface area contributed by atoms with Gasteiger partial charge in [-0.25, -0.2) is 9.80 Å². The number of nitrogens with zero attached hydrogens (tertiary/aromatic N) is 3. The Hall–Kier alpha value is -2.13. The normalized spacial score (nSPS) is 18.3. The summed E-state index contributed by atoms with van der Waals surface area (Å²) in [4.78, 5) is 12.6. The number of carbonyl (C=O) groups is 1. The van der Waals surface area contributed by atoms with Crippen molar-refractivity contribution in [1.82, 2.24) is 10.1 Å². The predicted molar refractivity (Wildman–Crippen MR) is 123 cm³/mol. The monoisotopic (exact) mass is 448 g/mol. The first-order valence-electron chi connectivity index (χ1n) is 8.85. The Morgan fingerprint density at radius 1 is 1.28 bits per heavy atom. The molecule has 0 radical (unpaired) electrons. The van der Waals surface area contributed by atoms with Gasteiger partial charge in [-0.05, 0) is 50.6 Å². The molecule has 0 spiro atoms. The highest BCUT2D eigenvalue weighted by Gasteiger charge is 2.50. The van der Waals surface area contributed by atoms with Gasteiger partial charge in [-0.15, -0.1) is 0 Å². The summed E-state index contributed by atoms with van der Waals surface area (Å²) in [6, 6.07) is 13.8. The number of thiocarbonyl (C=S) groups is 1. The maximum absolute atomic E-state index is 12.6. The van der Waals surface area contributed by atoms with E-state index in [0.717, 1.165) is 11.1 Å². The van der Waals surface area contributed by atoms with Crippen molar-refractivity contribution in [3.63, 3.8) is 0 Å². The summed E-state index contributed by atoms with van der Waals surface area (Å²) in [7, 11) is 0. The fourth-order valence-corrected chi connectivity index (χ4v) is 4.75. The average molecular weight is 449 g/mol. The van der Waals surface area contributed by atoms with Crippen molar-refractivity contribution in [1.29, 1.82) is 0 Å². The number of anilines is 1. The molecule has 29 heavy (non-hydrogen) atoms. The Labute approximate surface area is 184 Å². The third-order valence-corrected chi connectivity index (χ3v) is 6.12. The summed E-state index contributed by atoms with van der Waals surface area (Å²) in [5.41, 5.74) is 2.55. The molecule has 0 aromatic heterocycles. The number of urea groups is 1. The number of thioether (sulfide) groups is 1. The van der Waals surface area contributed by atoms with Crippen LogP contribution in [0, 0.1) is 6.92 Å². The summed E-state index contributed by atoms with van der Waals surface area (Å²) in [5.74, 6) is 0. The van der Waals surface area contributed by atoms with Crippen molar-refractivity contribution in [2.24, 2.45) is 5.10 Å². The van der Waals surface area contributed by atoms with E-state index in [2.05, 4.69) is 10.4 Å². The molecule has 2 amide bonds. The number of nitrogens with one attached hydrogen (secondary N) is 1. The van der Waals surface area contributed by atoms with E-state index in [-0.39, 0.29) is 0 Å². The fraction of sp³-hybridized carbons (Fsp3) is 0.250. The van der Waals surface area contributed by atoms with E-state index >= 15 is 0 Å². The second-order valence-electron chi connectivity index (χ2n) is 7.13. The van der Waals surface area contributed by atoms with Crippen molar-refractivity contribution >= 4 is 57.8 Å². The van der Waals surface area contributed by atoms with Crippen LogP contribution in [0.5, 0.6) is 0 Å². The molecule has 0 aliphatic carbocycles. The first-order valence-corrected chi connectivity index (χ1v) is 10.5. The number of benzene rings is 2. The smallest absolute Gasteiger partial charge is 0.306 e. The third kappa shape index (κ3) is 5.08. The van der Waals surface area contributed by atoms with Crippen LogP contribution >= 0.6 is 35.6 Å². The van der Waals surface area contributed by atoms with Crippen LogP contribution in [0.3, 0.4) is 0 Å². The Kier molecular flexibility index (Phi) is 6.48. The van der Waals surface area contributed by atoms with Crippen molar-refractivity contribution in [2.75, 3.05) is 5.32 Å². The molecule has 0 unspecified atom stereocenters. The van der Waals surface area contributed by atoms with Crippen LogP contribution in [0.2, 0.25) is 5.02 Å². The minimum Gasteiger partial charge on any atom is -0.306 e. The topological polar surface area (TPSA) is 68.2 Å². The minimum atomic E-state index is -0.783.